The Labute approximate surface area is 75.1 Å². The van der Waals surface area contributed by atoms with Crippen molar-refractivity contribution in [3.8, 4) is 0 Å². The van der Waals surface area contributed by atoms with Crippen molar-refractivity contribution in [2.24, 2.45) is 0 Å². The minimum atomic E-state index is 0.303. The van der Waals surface area contributed by atoms with E-state index in [9.17, 15) is 0 Å². The van der Waals surface area contributed by atoms with E-state index in [-0.39, 0.29) is 0 Å². The average Bonchev–Trinajstić information content (AvgIpc) is 2.10. The number of hydrogen-bond donors (Lipinski definition) is 2. The molecular weight excluding hydrogens is 154 g/mol. The topological polar surface area (TPSA) is 41.5 Å². The lowest BCUT2D eigenvalue weighted by atomic mass is 10.2. The summed E-state index contributed by atoms with van der Waals surface area (Å²) in [7, 11) is 0. The fraction of sp³-hybridized carbons (Fsp3) is 1.00. The number of aliphatic hydroxyl groups is 1. The van der Waals surface area contributed by atoms with Gasteiger partial charge in [-0.3, -0.25) is 0 Å². The van der Waals surface area contributed by atoms with Crippen LogP contribution in [0.5, 0.6) is 0 Å². The molecule has 0 atom stereocenters. The first-order valence-corrected chi connectivity index (χ1v) is 4.81. The van der Waals surface area contributed by atoms with Crippen molar-refractivity contribution >= 4 is 0 Å². The molecule has 3 nitrogen and oxygen atoms in total. The highest BCUT2D eigenvalue weighted by molar-refractivity contribution is 4.42. The number of likely N-dealkylation sites (N-methyl/N-ethyl adjacent to an activating group) is 1. The highest BCUT2D eigenvalue weighted by Gasteiger charge is 1.88. The number of aliphatic hydroxyl groups excluding tert-OH is 1. The largest absolute Gasteiger partial charge is 0.396 e. The Kier molecular flexibility index (Phi) is 10.8. The second kappa shape index (κ2) is 10.9. The Balaban J connectivity index is 2.73. The summed E-state index contributed by atoms with van der Waals surface area (Å²) >= 11 is 0. The Morgan fingerprint density at radius 2 is 2.00 bits per heavy atom. The van der Waals surface area contributed by atoms with Gasteiger partial charge in [0.05, 0.1) is 6.61 Å². The molecule has 0 aromatic heterocycles. The van der Waals surface area contributed by atoms with E-state index in [4.69, 9.17) is 9.84 Å². The monoisotopic (exact) mass is 175 g/mol. The predicted molar refractivity (Wildman–Crippen MR) is 50.3 cm³/mol. The summed E-state index contributed by atoms with van der Waals surface area (Å²) in [5, 5.41) is 11.7. The first-order valence-electron chi connectivity index (χ1n) is 4.81. The minimum absolute atomic E-state index is 0.303. The number of unbranched alkanes of at least 4 members (excludes halogenated alkanes) is 2. The van der Waals surface area contributed by atoms with Crippen molar-refractivity contribution < 1.29 is 9.84 Å². The molecule has 0 saturated carbocycles. The van der Waals surface area contributed by atoms with Gasteiger partial charge in [-0.2, -0.15) is 0 Å². The van der Waals surface area contributed by atoms with E-state index in [0.29, 0.717) is 6.61 Å². The first kappa shape index (κ1) is 11.9. The van der Waals surface area contributed by atoms with Crippen molar-refractivity contribution in [1.29, 1.82) is 0 Å². The number of ether oxygens (including phenoxy) is 1. The molecule has 2 N–H and O–H groups in total. The Morgan fingerprint density at radius 3 is 2.67 bits per heavy atom. The molecule has 0 heterocycles. The van der Waals surface area contributed by atoms with Gasteiger partial charge in [0.25, 0.3) is 0 Å². The van der Waals surface area contributed by atoms with Crippen LogP contribution in [-0.2, 0) is 4.74 Å². The number of nitrogens with one attached hydrogen (secondary N) is 1. The van der Waals surface area contributed by atoms with Crippen molar-refractivity contribution in [3.05, 3.63) is 0 Å². The SMILES string of the molecule is CCNCCOCCCCCO. The minimum Gasteiger partial charge on any atom is -0.396 e. The van der Waals surface area contributed by atoms with E-state index in [1.165, 1.54) is 0 Å². The highest BCUT2D eigenvalue weighted by atomic mass is 16.5. The second-order valence-electron chi connectivity index (χ2n) is 2.75. The molecule has 0 amide bonds. The lowest BCUT2D eigenvalue weighted by Crippen LogP contribution is -2.19. The average molecular weight is 175 g/mol. The van der Waals surface area contributed by atoms with E-state index >= 15 is 0 Å². The summed E-state index contributed by atoms with van der Waals surface area (Å²) in [6.45, 7) is 5.96. The maximum atomic E-state index is 8.49. The zero-order valence-corrected chi connectivity index (χ0v) is 8.01. The van der Waals surface area contributed by atoms with E-state index in [1.54, 1.807) is 0 Å². The Bertz CT molecular complexity index is 68.9. The van der Waals surface area contributed by atoms with Gasteiger partial charge in [0.2, 0.25) is 0 Å². The van der Waals surface area contributed by atoms with Crippen molar-refractivity contribution in [2.75, 3.05) is 32.9 Å². The van der Waals surface area contributed by atoms with Crippen LogP contribution < -0.4 is 5.32 Å². The van der Waals surface area contributed by atoms with E-state index in [0.717, 1.165) is 45.6 Å². The van der Waals surface area contributed by atoms with Crippen LogP contribution in [0.1, 0.15) is 26.2 Å². The molecule has 0 unspecified atom stereocenters. The summed E-state index contributed by atoms with van der Waals surface area (Å²) in [6, 6.07) is 0. The first-order chi connectivity index (χ1) is 5.91. The molecule has 0 aliphatic carbocycles. The maximum absolute atomic E-state index is 8.49. The molecule has 0 aliphatic heterocycles. The van der Waals surface area contributed by atoms with Gasteiger partial charge in [-0.15, -0.1) is 0 Å². The van der Waals surface area contributed by atoms with Gasteiger partial charge in [0.1, 0.15) is 0 Å². The van der Waals surface area contributed by atoms with Gasteiger partial charge < -0.3 is 15.2 Å². The van der Waals surface area contributed by atoms with Crippen LogP contribution in [0.25, 0.3) is 0 Å². The molecule has 0 saturated heterocycles. The van der Waals surface area contributed by atoms with Crippen molar-refractivity contribution in [3.63, 3.8) is 0 Å². The van der Waals surface area contributed by atoms with Crippen LogP contribution >= 0.6 is 0 Å². The normalized spacial score (nSPS) is 10.5. The summed E-state index contributed by atoms with van der Waals surface area (Å²) in [6.07, 6.45) is 3.03. The molecular formula is C9H21NO2. The van der Waals surface area contributed by atoms with Crippen LogP contribution in [0.4, 0.5) is 0 Å². The predicted octanol–water partition coefficient (Wildman–Crippen LogP) is 0.775. The van der Waals surface area contributed by atoms with Crippen LogP contribution in [0.15, 0.2) is 0 Å². The third-order valence-electron chi connectivity index (χ3n) is 1.62. The van der Waals surface area contributed by atoms with Gasteiger partial charge in [0, 0.05) is 19.8 Å². The summed E-state index contributed by atoms with van der Waals surface area (Å²) in [5.74, 6) is 0. The molecule has 0 radical (unpaired) electrons. The molecule has 0 spiro atoms. The Hall–Kier alpha value is -0.120. The molecule has 0 bridgehead atoms. The van der Waals surface area contributed by atoms with Gasteiger partial charge >= 0.3 is 0 Å². The zero-order valence-electron chi connectivity index (χ0n) is 8.01. The molecule has 0 fully saturated rings. The molecule has 0 rings (SSSR count). The van der Waals surface area contributed by atoms with Crippen molar-refractivity contribution in [1.82, 2.24) is 5.32 Å². The molecule has 0 aromatic carbocycles. The highest BCUT2D eigenvalue weighted by Crippen LogP contribution is 1.93. The second-order valence-corrected chi connectivity index (χ2v) is 2.75. The Morgan fingerprint density at radius 1 is 1.17 bits per heavy atom. The molecule has 3 heteroatoms. The summed E-state index contributed by atoms with van der Waals surface area (Å²) in [4.78, 5) is 0. The quantitative estimate of drug-likeness (QED) is 0.509. The molecule has 0 aromatic rings. The summed E-state index contributed by atoms with van der Waals surface area (Å²) in [5.41, 5.74) is 0. The van der Waals surface area contributed by atoms with Crippen LogP contribution in [0, 0.1) is 0 Å². The zero-order chi connectivity index (χ0) is 9.07. The smallest absolute Gasteiger partial charge is 0.0590 e. The van der Waals surface area contributed by atoms with Gasteiger partial charge in [-0.25, -0.2) is 0 Å². The third-order valence-corrected chi connectivity index (χ3v) is 1.62. The van der Waals surface area contributed by atoms with Gasteiger partial charge in [-0.05, 0) is 25.8 Å². The number of hydrogen-bond acceptors (Lipinski definition) is 3. The third kappa shape index (κ3) is 9.88. The lowest BCUT2D eigenvalue weighted by molar-refractivity contribution is 0.130. The maximum Gasteiger partial charge on any atom is 0.0590 e. The molecule has 74 valence electrons. The van der Waals surface area contributed by atoms with Gasteiger partial charge in [-0.1, -0.05) is 6.92 Å². The van der Waals surface area contributed by atoms with Crippen LogP contribution in [-0.4, -0.2) is 38.0 Å². The fourth-order valence-corrected chi connectivity index (χ4v) is 0.916. The van der Waals surface area contributed by atoms with Crippen molar-refractivity contribution in [2.45, 2.75) is 26.2 Å². The van der Waals surface area contributed by atoms with E-state index in [1.807, 2.05) is 0 Å². The standard InChI is InChI=1S/C9H21NO2/c1-2-10-6-9-12-8-5-3-4-7-11/h10-11H,2-9H2,1H3. The van der Waals surface area contributed by atoms with E-state index < -0.39 is 0 Å². The lowest BCUT2D eigenvalue weighted by Gasteiger charge is -2.03. The van der Waals surface area contributed by atoms with E-state index in [2.05, 4.69) is 12.2 Å². The summed E-state index contributed by atoms with van der Waals surface area (Å²) < 4.78 is 5.34. The number of rotatable bonds is 9. The van der Waals surface area contributed by atoms with Crippen LogP contribution in [0.3, 0.4) is 0 Å². The fourth-order valence-electron chi connectivity index (χ4n) is 0.916. The molecule has 0 aliphatic rings. The van der Waals surface area contributed by atoms with Gasteiger partial charge in [0.15, 0.2) is 0 Å². The van der Waals surface area contributed by atoms with Crippen LogP contribution in [0.2, 0.25) is 0 Å². The molecule has 12 heavy (non-hydrogen) atoms.